The van der Waals surface area contributed by atoms with Gasteiger partial charge in [0.2, 0.25) is 11.8 Å². The zero-order chi connectivity index (χ0) is 22.2. The van der Waals surface area contributed by atoms with Gasteiger partial charge in [-0.1, -0.05) is 73.4 Å². The van der Waals surface area contributed by atoms with Gasteiger partial charge in [-0.15, -0.1) is 0 Å². The largest absolute Gasteiger partial charge is 0.352 e. The Morgan fingerprint density at radius 2 is 1.74 bits per heavy atom. The van der Waals surface area contributed by atoms with Crippen molar-refractivity contribution in [1.82, 2.24) is 10.2 Å². The molecule has 0 heterocycles. The second-order valence-electron chi connectivity index (χ2n) is 8.95. The van der Waals surface area contributed by atoms with Crippen LogP contribution in [-0.2, 0) is 22.4 Å². The van der Waals surface area contributed by atoms with Gasteiger partial charge < -0.3 is 10.2 Å². The van der Waals surface area contributed by atoms with Crippen LogP contribution in [0.15, 0.2) is 48.5 Å². The Morgan fingerprint density at radius 3 is 2.45 bits per heavy atom. The van der Waals surface area contributed by atoms with Crippen LogP contribution in [0.4, 0.5) is 0 Å². The molecule has 0 aliphatic heterocycles. The fourth-order valence-electron chi connectivity index (χ4n) is 4.39. The number of amides is 2. The fourth-order valence-corrected chi connectivity index (χ4v) is 4.39. The standard InChI is InChI=1S/C27H36N2O2/c1-20-14-15-21(2)24(18-20)19-26(30)29(17-16-23-10-6-4-7-11-23)22(3)27(31)28-25-12-8-5-9-13-25/h4,6-7,10-11,14-15,18,22,25H,5,8-9,12-13,16-17,19H2,1-3H3,(H,28,31). The molecule has 1 saturated carbocycles. The summed E-state index contributed by atoms with van der Waals surface area (Å²) in [4.78, 5) is 28.2. The molecule has 1 aliphatic carbocycles. The molecule has 1 atom stereocenters. The molecule has 166 valence electrons. The van der Waals surface area contributed by atoms with Crippen molar-refractivity contribution >= 4 is 11.8 Å². The molecule has 2 amide bonds. The molecule has 1 N–H and O–H groups in total. The van der Waals surface area contributed by atoms with Crippen LogP contribution in [0.25, 0.3) is 0 Å². The summed E-state index contributed by atoms with van der Waals surface area (Å²) in [5, 5.41) is 3.20. The first-order chi connectivity index (χ1) is 14.9. The molecule has 2 aromatic carbocycles. The third-order valence-electron chi connectivity index (χ3n) is 6.45. The quantitative estimate of drug-likeness (QED) is 0.670. The van der Waals surface area contributed by atoms with Gasteiger partial charge in [0.1, 0.15) is 6.04 Å². The first-order valence-electron chi connectivity index (χ1n) is 11.6. The summed E-state index contributed by atoms with van der Waals surface area (Å²) in [6.45, 7) is 6.48. The molecule has 4 heteroatoms. The molecule has 0 spiro atoms. The van der Waals surface area contributed by atoms with Crippen LogP contribution in [0.2, 0.25) is 0 Å². The van der Waals surface area contributed by atoms with E-state index in [2.05, 4.69) is 35.6 Å². The van der Waals surface area contributed by atoms with Crippen molar-refractivity contribution in [1.29, 1.82) is 0 Å². The lowest BCUT2D eigenvalue weighted by atomic mass is 9.95. The predicted molar refractivity (Wildman–Crippen MR) is 126 cm³/mol. The van der Waals surface area contributed by atoms with Gasteiger partial charge in [-0.05, 0) is 56.7 Å². The predicted octanol–water partition coefficient (Wildman–Crippen LogP) is 4.75. The lowest BCUT2D eigenvalue weighted by Gasteiger charge is -2.31. The van der Waals surface area contributed by atoms with Crippen LogP contribution in [0.3, 0.4) is 0 Å². The van der Waals surface area contributed by atoms with Crippen LogP contribution >= 0.6 is 0 Å². The van der Waals surface area contributed by atoms with Crippen LogP contribution in [0.5, 0.6) is 0 Å². The van der Waals surface area contributed by atoms with E-state index >= 15 is 0 Å². The third kappa shape index (κ3) is 6.68. The second-order valence-corrected chi connectivity index (χ2v) is 8.95. The van der Waals surface area contributed by atoms with E-state index in [9.17, 15) is 9.59 Å². The first-order valence-corrected chi connectivity index (χ1v) is 11.6. The molecule has 0 saturated heterocycles. The van der Waals surface area contributed by atoms with Crippen molar-refractivity contribution in [2.45, 2.75) is 77.8 Å². The number of nitrogens with one attached hydrogen (secondary N) is 1. The molecule has 3 rings (SSSR count). The fraction of sp³-hybridized carbons (Fsp3) is 0.481. The number of carbonyl (C=O) groups is 2. The van der Waals surface area contributed by atoms with Gasteiger partial charge in [0.15, 0.2) is 0 Å². The molecule has 0 bridgehead atoms. The second kappa shape index (κ2) is 11.1. The summed E-state index contributed by atoms with van der Waals surface area (Å²) in [5.74, 6) is -0.0230. The summed E-state index contributed by atoms with van der Waals surface area (Å²) in [6.07, 6.45) is 6.73. The number of aryl methyl sites for hydroxylation is 2. The number of hydrogen-bond donors (Lipinski definition) is 1. The molecular weight excluding hydrogens is 384 g/mol. The maximum Gasteiger partial charge on any atom is 0.242 e. The highest BCUT2D eigenvalue weighted by Crippen LogP contribution is 2.18. The smallest absolute Gasteiger partial charge is 0.242 e. The zero-order valence-electron chi connectivity index (χ0n) is 19.2. The van der Waals surface area contributed by atoms with Crippen molar-refractivity contribution in [3.8, 4) is 0 Å². The van der Waals surface area contributed by atoms with Crippen molar-refractivity contribution in [2.24, 2.45) is 0 Å². The minimum absolute atomic E-state index is 0.0101. The Morgan fingerprint density at radius 1 is 1.03 bits per heavy atom. The summed E-state index contributed by atoms with van der Waals surface area (Å²) in [7, 11) is 0. The van der Waals surface area contributed by atoms with Crippen molar-refractivity contribution in [3.05, 3.63) is 70.8 Å². The maximum absolute atomic E-state index is 13.4. The van der Waals surface area contributed by atoms with Gasteiger partial charge in [0.25, 0.3) is 0 Å². The lowest BCUT2D eigenvalue weighted by molar-refractivity contribution is -0.139. The van der Waals surface area contributed by atoms with E-state index in [4.69, 9.17) is 0 Å². The zero-order valence-corrected chi connectivity index (χ0v) is 19.2. The molecule has 0 aromatic heterocycles. The highest BCUT2D eigenvalue weighted by atomic mass is 16.2. The molecule has 2 aromatic rings. The third-order valence-corrected chi connectivity index (χ3v) is 6.45. The molecule has 31 heavy (non-hydrogen) atoms. The number of rotatable bonds is 8. The number of nitrogens with zero attached hydrogens (tertiary/aromatic N) is 1. The lowest BCUT2D eigenvalue weighted by Crippen LogP contribution is -2.51. The van der Waals surface area contributed by atoms with Crippen LogP contribution in [-0.4, -0.2) is 35.3 Å². The summed E-state index contributed by atoms with van der Waals surface area (Å²) in [5.41, 5.74) is 4.47. The molecule has 4 nitrogen and oxygen atoms in total. The number of hydrogen-bond acceptors (Lipinski definition) is 2. The molecule has 1 fully saturated rings. The summed E-state index contributed by atoms with van der Waals surface area (Å²) in [6, 6.07) is 16.1. The van der Waals surface area contributed by atoms with E-state index in [1.54, 1.807) is 4.90 Å². The Balaban J connectivity index is 1.73. The Hall–Kier alpha value is -2.62. The van der Waals surface area contributed by atoms with Gasteiger partial charge in [0, 0.05) is 12.6 Å². The number of carbonyl (C=O) groups excluding carboxylic acids is 2. The van der Waals surface area contributed by atoms with E-state index in [1.807, 2.05) is 39.0 Å². The minimum atomic E-state index is -0.483. The highest BCUT2D eigenvalue weighted by molar-refractivity contribution is 5.88. The van der Waals surface area contributed by atoms with Crippen LogP contribution in [0.1, 0.15) is 61.3 Å². The Bertz CT molecular complexity index is 872. The van der Waals surface area contributed by atoms with E-state index < -0.39 is 6.04 Å². The Labute approximate surface area is 187 Å². The van der Waals surface area contributed by atoms with E-state index in [0.717, 1.165) is 36.0 Å². The summed E-state index contributed by atoms with van der Waals surface area (Å²) < 4.78 is 0. The minimum Gasteiger partial charge on any atom is -0.352 e. The molecule has 0 radical (unpaired) electrons. The number of benzene rings is 2. The van der Waals surface area contributed by atoms with Gasteiger partial charge in [-0.3, -0.25) is 9.59 Å². The van der Waals surface area contributed by atoms with Crippen molar-refractivity contribution in [2.75, 3.05) is 6.54 Å². The topological polar surface area (TPSA) is 49.4 Å². The highest BCUT2D eigenvalue weighted by Gasteiger charge is 2.28. The van der Waals surface area contributed by atoms with Gasteiger partial charge in [-0.2, -0.15) is 0 Å². The average Bonchev–Trinajstić information content (AvgIpc) is 2.77. The van der Waals surface area contributed by atoms with Gasteiger partial charge in [-0.25, -0.2) is 0 Å². The monoisotopic (exact) mass is 420 g/mol. The molecular formula is C27H36N2O2. The molecule has 1 unspecified atom stereocenters. The molecule has 1 aliphatic rings. The van der Waals surface area contributed by atoms with Crippen LogP contribution < -0.4 is 5.32 Å². The van der Waals surface area contributed by atoms with E-state index in [1.165, 1.54) is 24.8 Å². The van der Waals surface area contributed by atoms with Crippen LogP contribution in [0, 0.1) is 13.8 Å². The van der Waals surface area contributed by atoms with Crippen molar-refractivity contribution in [3.63, 3.8) is 0 Å². The summed E-state index contributed by atoms with van der Waals surface area (Å²) >= 11 is 0. The normalized spacial score (nSPS) is 15.3. The van der Waals surface area contributed by atoms with Crippen molar-refractivity contribution < 1.29 is 9.59 Å². The average molecular weight is 421 g/mol. The first kappa shape index (κ1) is 23.1. The SMILES string of the molecule is Cc1ccc(C)c(CC(=O)N(CCc2ccccc2)C(C)C(=O)NC2CCCCC2)c1. The Kier molecular flexibility index (Phi) is 8.27. The van der Waals surface area contributed by atoms with Gasteiger partial charge in [0.05, 0.1) is 6.42 Å². The van der Waals surface area contributed by atoms with E-state index in [0.29, 0.717) is 13.0 Å². The van der Waals surface area contributed by atoms with E-state index in [-0.39, 0.29) is 17.9 Å². The maximum atomic E-state index is 13.4. The van der Waals surface area contributed by atoms with Gasteiger partial charge >= 0.3 is 0 Å².